The van der Waals surface area contributed by atoms with Crippen molar-refractivity contribution in [3.05, 3.63) is 70.9 Å². The van der Waals surface area contributed by atoms with Crippen LogP contribution in [0.5, 0.6) is 5.75 Å². The Kier molecular flexibility index (Phi) is 5.22. The average molecular weight is 479 g/mol. The zero-order valence-corrected chi connectivity index (χ0v) is 18.4. The minimum absolute atomic E-state index is 0.0274. The molecule has 0 bridgehead atoms. The number of nitrogens with one attached hydrogen (secondary N) is 1. The third kappa shape index (κ3) is 3.64. The fraction of sp³-hybridized carbons (Fsp3) is 0.130. The molecular weight excluding hydrogens is 464 g/mol. The molecule has 2 aromatic heterocycles. The fourth-order valence-corrected chi connectivity index (χ4v) is 4.57. The predicted molar refractivity (Wildman–Crippen MR) is 120 cm³/mol. The van der Waals surface area contributed by atoms with Gasteiger partial charge in [-0.2, -0.15) is 5.26 Å². The van der Waals surface area contributed by atoms with Gasteiger partial charge in [-0.25, -0.2) is 13.8 Å². The number of nitriles is 1. The van der Waals surface area contributed by atoms with E-state index in [4.69, 9.17) is 10.00 Å². The fourth-order valence-electron chi connectivity index (χ4n) is 3.69. The number of nitrogens with zero attached hydrogens (tertiary/aromatic N) is 4. The number of aromatic nitrogens is 2. The van der Waals surface area contributed by atoms with E-state index in [-0.39, 0.29) is 17.9 Å². The zero-order chi connectivity index (χ0) is 24.0. The normalized spacial score (nSPS) is 15.4. The SMILES string of the molecule is CN1C(=O)[C@@H](NC(=O)c2cn3c(-c4ccc(F)cc4F)csc3n2)COc2cc(C#N)ccc21. The molecule has 4 aromatic rings. The molecule has 0 spiro atoms. The lowest BCUT2D eigenvalue weighted by Crippen LogP contribution is -2.49. The molecule has 170 valence electrons. The summed E-state index contributed by atoms with van der Waals surface area (Å²) in [6.45, 7) is -0.134. The Balaban J connectivity index is 1.39. The zero-order valence-electron chi connectivity index (χ0n) is 17.6. The molecule has 2 amide bonds. The second-order valence-electron chi connectivity index (χ2n) is 7.55. The number of imidazole rings is 1. The summed E-state index contributed by atoms with van der Waals surface area (Å²) in [4.78, 5) is 31.9. The highest BCUT2D eigenvalue weighted by atomic mass is 32.1. The first kappa shape index (κ1) is 21.5. The van der Waals surface area contributed by atoms with Crippen LogP contribution in [0.2, 0.25) is 0 Å². The van der Waals surface area contributed by atoms with Gasteiger partial charge >= 0.3 is 0 Å². The second-order valence-corrected chi connectivity index (χ2v) is 8.39. The summed E-state index contributed by atoms with van der Waals surface area (Å²) in [5, 5.41) is 13.4. The maximum atomic E-state index is 14.3. The van der Waals surface area contributed by atoms with Gasteiger partial charge in [-0.1, -0.05) is 0 Å². The maximum Gasteiger partial charge on any atom is 0.272 e. The number of likely N-dealkylation sites (N-methyl/N-ethyl adjacent to an activating group) is 1. The van der Waals surface area contributed by atoms with Crippen LogP contribution in [-0.2, 0) is 4.79 Å². The molecule has 1 N–H and O–H groups in total. The molecule has 0 saturated carbocycles. The Morgan fingerprint density at radius 1 is 1.29 bits per heavy atom. The third-order valence-corrected chi connectivity index (χ3v) is 6.28. The maximum absolute atomic E-state index is 14.3. The van der Waals surface area contributed by atoms with E-state index in [1.54, 1.807) is 24.6 Å². The Labute approximate surface area is 195 Å². The minimum Gasteiger partial charge on any atom is -0.489 e. The predicted octanol–water partition coefficient (Wildman–Crippen LogP) is 3.37. The topological polar surface area (TPSA) is 99.7 Å². The van der Waals surface area contributed by atoms with Crippen LogP contribution in [0.1, 0.15) is 16.1 Å². The van der Waals surface area contributed by atoms with Crippen molar-refractivity contribution in [1.29, 1.82) is 5.26 Å². The third-order valence-electron chi connectivity index (χ3n) is 5.44. The van der Waals surface area contributed by atoms with Gasteiger partial charge in [-0.3, -0.25) is 14.0 Å². The van der Waals surface area contributed by atoms with Crippen LogP contribution in [0.4, 0.5) is 14.5 Å². The van der Waals surface area contributed by atoms with Gasteiger partial charge in [0.15, 0.2) is 4.96 Å². The van der Waals surface area contributed by atoms with Crippen LogP contribution in [0.25, 0.3) is 16.2 Å². The van der Waals surface area contributed by atoms with Crippen molar-refractivity contribution in [2.24, 2.45) is 0 Å². The van der Waals surface area contributed by atoms with Crippen molar-refractivity contribution in [2.45, 2.75) is 6.04 Å². The van der Waals surface area contributed by atoms with E-state index in [2.05, 4.69) is 10.3 Å². The first-order valence-corrected chi connectivity index (χ1v) is 10.9. The second kappa shape index (κ2) is 8.24. The van der Waals surface area contributed by atoms with E-state index in [0.29, 0.717) is 27.7 Å². The lowest BCUT2D eigenvalue weighted by Gasteiger charge is -2.20. The highest BCUT2D eigenvalue weighted by molar-refractivity contribution is 7.15. The van der Waals surface area contributed by atoms with E-state index in [1.807, 2.05) is 6.07 Å². The molecule has 0 saturated heterocycles. The number of thiazole rings is 1. The molecule has 1 aliphatic rings. The number of amides is 2. The van der Waals surface area contributed by atoms with Crippen molar-refractivity contribution in [3.8, 4) is 23.1 Å². The number of fused-ring (bicyclic) bond motifs is 2. The Hall–Kier alpha value is -4.30. The number of anilines is 1. The summed E-state index contributed by atoms with van der Waals surface area (Å²) < 4.78 is 34.8. The summed E-state index contributed by atoms with van der Waals surface area (Å²) in [6, 6.07) is 8.99. The van der Waals surface area contributed by atoms with Crippen molar-refractivity contribution in [2.75, 3.05) is 18.6 Å². The molecule has 0 fully saturated rings. The molecule has 8 nitrogen and oxygen atoms in total. The molecule has 34 heavy (non-hydrogen) atoms. The number of rotatable bonds is 3. The Morgan fingerprint density at radius 3 is 2.88 bits per heavy atom. The monoisotopic (exact) mass is 479 g/mol. The number of carbonyl (C=O) groups excluding carboxylic acids is 2. The van der Waals surface area contributed by atoms with Gasteiger partial charge in [0, 0.05) is 36.3 Å². The van der Waals surface area contributed by atoms with E-state index < -0.39 is 29.5 Å². The van der Waals surface area contributed by atoms with Crippen LogP contribution in [-0.4, -0.2) is 40.9 Å². The van der Waals surface area contributed by atoms with Gasteiger partial charge in [0.25, 0.3) is 11.8 Å². The van der Waals surface area contributed by atoms with Gasteiger partial charge in [0.05, 0.1) is 23.0 Å². The quantitative estimate of drug-likeness (QED) is 0.486. The smallest absolute Gasteiger partial charge is 0.272 e. The molecule has 2 aromatic carbocycles. The van der Waals surface area contributed by atoms with Gasteiger partial charge in [0.1, 0.15) is 35.7 Å². The first-order valence-electron chi connectivity index (χ1n) is 10.0. The summed E-state index contributed by atoms with van der Waals surface area (Å²) in [5.41, 5.74) is 1.48. The van der Waals surface area contributed by atoms with E-state index in [0.717, 1.165) is 12.1 Å². The number of hydrogen-bond donors (Lipinski definition) is 1. The first-order chi connectivity index (χ1) is 16.4. The van der Waals surface area contributed by atoms with Crippen LogP contribution in [0.15, 0.2) is 48.0 Å². The molecule has 1 aliphatic heterocycles. The number of halogens is 2. The highest BCUT2D eigenvalue weighted by Crippen LogP contribution is 2.32. The Bertz CT molecular complexity index is 1510. The van der Waals surface area contributed by atoms with Crippen molar-refractivity contribution in [3.63, 3.8) is 0 Å². The van der Waals surface area contributed by atoms with E-state index in [1.165, 1.54) is 39.0 Å². The van der Waals surface area contributed by atoms with Crippen molar-refractivity contribution < 1.29 is 23.1 Å². The molecule has 0 radical (unpaired) electrons. The summed E-state index contributed by atoms with van der Waals surface area (Å²) >= 11 is 1.19. The molecular formula is C23H15F2N5O3S. The highest BCUT2D eigenvalue weighted by Gasteiger charge is 2.31. The van der Waals surface area contributed by atoms with Gasteiger partial charge in [0.2, 0.25) is 0 Å². The van der Waals surface area contributed by atoms with Gasteiger partial charge < -0.3 is 15.0 Å². The summed E-state index contributed by atoms with van der Waals surface area (Å²) in [6.07, 6.45) is 1.43. The molecule has 1 atom stereocenters. The van der Waals surface area contributed by atoms with Crippen molar-refractivity contribution in [1.82, 2.24) is 14.7 Å². The minimum atomic E-state index is -0.996. The van der Waals surface area contributed by atoms with Crippen LogP contribution >= 0.6 is 11.3 Å². The number of hydrogen-bond acceptors (Lipinski definition) is 6. The van der Waals surface area contributed by atoms with Crippen LogP contribution in [0.3, 0.4) is 0 Å². The number of benzene rings is 2. The lowest BCUT2D eigenvalue weighted by molar-refractivity contribution is -0.120. The standard InChI is InChI=1S/C23H15F2N5O3S/c1-29-18-5-2-12(8-26)6-20(18)33-10-17(22(29)32)27-21(31)16-9-30-19(11-34-23(30)28-16)14-4-3-13(24)7-15(14)25/h2-7,9,11,17H,10H2,1H3,(H,27,31)/t17-/m0/s1. The molecule has 0 unspecified atom stereocenters. The van der Waals surface area contributed by atoms with Crippen LogP contribution in [0, 0.1) is 23.0 Å². The van der Waals surface area contributed by atoms with E-state index >= 15 is 0 Å². The summed E-state index contributed by atoms with van der Waals surface area (Å²) in [5.74, 6) is -2.07. The van der Waals surface area contributed by atoms with Gasteiger partial charge in [-0.05, 0) is 24.3 Å². The van der Waals surface area contributed by atoms with Crippen LogP contribution < -0.4 is 15.0 Å². The van der Waals surface area contributed by atoms with Gasteiger partial charge in [-0.15, -0.1) is 11.3 Å². The molecule has 0 aliphatic carbocycles. The molecule has 5 rings (SSSR count). The van der Waals surface area contributed by atoms with E-state index in [9.17, 15) is 18.4 Å². The summed E-state index contributed by atoms with van der Waals surface area (Å²) in [7, 11) is 1.55. The van der Waals surface area contributed by atoms with Crippen molar-refractivity contribution >= 4 is 33.8 Å². The Morgan fingerprint density at radius 2 is 2.12 bits per heavy atom. The lowest BCUT2D eigenvalue weighted by atomic mass is 10.1. The molecule has 11 heteroatoms. The number of carbonyl (C=O) groups is 2. The largest absolute Gasteiger partial charge is 0.489 e. The number of ether oxygens (including phenoxy) is 1. The molecule has 3 heterocycles. The average Bonchev–Trinajstić information content (AvgIpc) is 3.39.